The smallest absolute Gasteiger partial charge is 0.279 e. The molecule has 28 heavy (non-hydrogen) atoms. The lowest BCUT2D eigenvalue weighted by atomic mass is 9.93. The number of benzene rings is 1. The summed E-state index contributed by atoms with van der Waals surface area (Å²) in [7, 11) is -3.91. The number of anilines is 1. The van der Waals surface area contributed by atoms with Gasteiger partial charge in [0.25, 0.3) is 10.0 Å². The van der Waals surface area contributed by atoms with Crippen molar-refractivity contribution >= 4 is 38.4 Å². The summed E-state index contributed by atoms with van der Waals surface area (Å²) in [6, 6.07) is 5.36. The molecule has 0 unspecified atom stereocenters. The fraction of sp³-hybridized carbons (Fsp3) is 0.278. The van der Waals surface area contributed by atoms with Crippen LogP contribution in [0.25, 0.3) is 10.6 Å². The highest BCUT2D eigenvalue weighted by Crippen LogP contribution is 2.34. The monoisotopic (exact) mass is 446 g/mol. The average molecular weight is 447 g/mol. The predicted molar refractivity (Wildman–Crippen MR) is 106 cm³/mol. The minimum absolute atomic E-state index is 0.0622. The molecule has 10 heteroatoms. The van der Waals surface area contributed by atoms with Crippen molar-refractivity contribution in [3.05, 3.63) is 52.3 Å². The van der Waals surface area contributed by atoms with E-state index in [1.54, 1.807) is 5.38 Å². The average Bonchev–Trinajstić information content (AvgIpc) is 3.23. The van der Waals surface area contributed by atoms with E-state index >= 15 is 0 Å². The highest BCUT2D eigenvalue weighted by molar-refractivity contribution is 7.94. The summed E-state index contributed by atoms with van der Waals surface area (Å²) in [6.45, 7) is 6.13. The van der Waals surface area contributed by atoms with Gasteiger partial charge >= 0.3 is 6.18 Å². The van der Waals surface area contributed by atoms with E-state index in [9.17, 15) is 21.6 Å². The van der Waals surface area contributed by atoms with Gasteiger partial charge in [-0.2, -0.15) is 13.2 Å². The van der Waals surface area contributed by atoms with Gasteiger partial charge in [0.2, 0.25) is 0 Å². The minimum atomic E-state index is -4.47. The number of thiophene rings is 1. The fourth-order valence-corrected chi connectivity index (χ4v) is 5.59. The Hall–Kier alpha value is -1.91. The molecule has 0 amide bonds. The number of sulfonamides is 1. The second-order valence-corrected chi connectivity index (χ2v) is 10.8. The van der Waals surface area contributed by atoms with Crippen LogP contribution in [0.1, 0.15) is 32.0 Å². The Balaban J connectivity index is 1.81. The van der Waals surface area contributed by atoms with Crippen LogP contribution in [0.5, 0.6) is 0 Å². The molecular weight excluding hydrogens is 429 g/mol. The zero-order chi connectivity index (χ0) is 20.7. The number of nitrogens with one attached hydrogen (secondary N) is 1. The maximum atomic E-state index is 12.6. The van der Waals surface area contributed by atoms with E-state index in [0.717, 1.165) is 46.3 Å². The molecule has 0 saturated heterocycles. The quantitative estimate of drug-likeness (QED) is 0.536. The van der Waals surface area contributed by atoms with Crippen LogP contribution in [0.2, 0.25) is 0 Å². The van der Waals surface area contributed by atoms with Crippen molar-refractivity contribution in [3.63, 3.8) is 0 Å². The largest absolute Gasteiger partial charge is 0.416 e. The van der Waals surface area contributed by atoms with Gasteiger partial charge in [-0.05, 0) is 30.3 Å². The van der Waals surface area contributed by atoms with Crippen LogP contribution >= 0.6 is 22.7 Å². The van der Waals surface area contributed by atoms with E-state index in [1.807, 2.05) is 26.2 Å². The van der Waals surface area contributed by atoms with E-state index < -0.39 is 21.8 Å². The molecule has 0 atom stereocenters. The van der Waals surface area contributed by atoms with Gasteiger partial charge in [-0.3, -0.25) is 4.72 Å². The Morgan fingerprint density at radius 2 is 1.64 bits per heavy atom. The van der Waals surface area contributed by atoms with Gasteiger partial charge in [-0.15, -0.1) is 22.7 Å². The lowest BCUT2D eigenvalue weighted by molar-refractivity contribution is -0.137. The zero-order valence-electron chi connectivity index (χ0n) is 15.2. The molecule has 2 aromatic heterocycles. The van der Waals surface area contributed by atoms with E-state index in [1.165, 1.54) is 17.4 Å². The summed E-state index contributed by atoms with van der Waals surface area (Å²) in [5.74, 6) is 0. The molecule has 0 aliphatic heterocycles. The molecule has 4 nitrogen and oxygen atoms in total. The van der Waals surface area contributed by atoms with Crippen molar-refractivity contribution in [2.45, 2.75) is 36.6 Å². The molecule has 0 aliphatic carbocycles. The van der Waals surface area contributed by atoms with Crippen LogP contribution in [-0.4, -0.2) is 13.4 Å². The van der Waals surface area contributed by atoms with Gasteiger partial charge in [0.1, 0.15) is 9.22 Å². The number of hydrogen-bond donors (Lipinski definition) is 1. The summed E-state index contributed by atoms with van der Waals surface area (Å²) in [6.07, 6.45) is -4.47. The number of halogens is 3. The first-order valence-corrected chi connectivity index (χ1v) is 11.4. The molecule has 1 N–H and O–H groups in total. The van der Waals surface area contributed by atoms with Crippen molar-refractivity contribution < 1.29 is 21.6 Å². The fourth-order valence-electron chi connectivity index (χ4n) is 2.25. The number of thiazole rings is 1. The third-order valence-electron chi connectivity index (χ3n) is 3.82. The first-order valence-electron chi connectivity index (χ1n) is 8.11. The number of alkyl halides is 3. The van der Waals surface area contributed by atoms with Crippen molar-refractivity contribution in [2.75, 3.05) is 4.72 Å². The Kier molecular flexibility index (Phi) is 5.32. The Bertz CT molecular complexity index is 1080. The highest BCUT2D eigenvalue weighted by atomic mass is 32.2. The second-order valence-electron chi connectivity index (χ2n) is 7.12. The molecule has 1 aromatic carbocycles. The van der Waals surface area contributed by atoms with E-state index in [4.69, 9.17) is 0 Å². The molecule has 0 aliphatic rings. The van der Waals surface area contributed by atoms with Gasteiger partial charge < -0.3 is 0 Å². The van der Waals surface area contributed by atoms with Gasteiger partial charge in [-0.1, -0.05) is 20.8 Å². The topological polar surface area (TPSA) is 59.1 Å². The Morgan fingerprint density at radius 3 is 2.18 bits per heavy atom. The highest BCUT2D eigenvalue weighted by Gasteiger charge is 2.30. The molecule has 0 bridgehead atoms. The molecule has 3 rings (SSSR count). The molecule has 0 fully saturated rings. The van der Waals surface area contributed by atoms with Crippen molar-refractivity contribution in [1.82, 2.24) is 4.98 Å². The molecule has 0 saturated carbocycles. The van der Waals surface area contributed by atoms with Crippen molar-refractivity contribution in [1.29, 1.82) is 0 Å². The summed E-state index contributed by atoms with van der Waals surface area (Å²) in [5, 5.41) is 4.37. The number of nitrogens with zero attached hydrogens (tertiary/aromatic N) is 1. The molecule has 0 spiro atoms. The van der Waals surface area contributed by atoms with Crippen molar-refractivity contribution in [2.24, 2.45) is 0 Å². The van der Waals surface area contributed by atoms with Crippen LogP contribution < -0.4 is 4.72 Å². The van der Waals surface area contributed by atoms with Crippen LogP contribution in [0.15, 0.2) is 45.3 Å². The summed E-state index contributed by atoms with van der Waals surface area (Å²) in [5.41, 5.74) is 0.730. The molecule has 0 radical (unpaired) electrons. The molecule has 150 valence electrons. The lowest BCUT2D eigenvalue weighted by Gasteiger charge is -2.14. The van der Waals surface area contributed by atoms with Crippen molar-refractivity contribution in [3.8, 4) is 10.6 Å². The molecule has 2 heterocycles. The summed E-state index contributed by atoms with van der Waals surface area (Å²) >= 11 is 2.47. The predicted octanol–water partition coefficient (Wildman–Crippen LogP) is 5.99. The first-order chi connectivity index (χ1) is 12.9. The summed E-state index contributed by atoms with van der Waals surface area (Å²) in [4.78, 5) is 4.57. The molecule has 3 aromatic rings. The maximum absolute atomic E-state index is 12.6. The van der Waals surface area contributed by atoms with E-state index in [0.29, 0.717) is 5.56 Å². The summed E-state index contributed by atoms with van der Waals surface area (Å²) < 4.78 is 65.3. The van der Waals surface area contributed by atoms with Crippen LogP contribution in [0.3, 0.4) is 0 Å². The second kappa shape index (κ2) is 7.16. The Morgan fingerprint density at radius 1 is 1.00 bits per heavy atom. The van der Waals surface area contributed by atoms with Crippen LogP contribution in [0, 0.1) is 0 Å². The van der Waals surface area contributed by atoms with Crippen LogP contribution in [0.4, 0.5) is 18.9 Å². The zero-order valence-corrected chi connectivity index (χ0v) is 17.6. The number of aromatic nitrogens is 1. The van der Waals surface area contributed by atoms with Gasteiger partial charge in [0, 0.05) is 27.4 Å². The lowest BCUT2D eigenvalue weighted by Crippen LogP contribution is -2.12. The SMILES string of the molecule is CC(C)(C)c1csc(-c2csc(S(=O)(=O)Nc3ccc(C(F)(F)F)cc3)c2)n1. The third-order valence-corrected chi connectivity index (χ3v) is 7.54. The number of rotatable bonds is 4. The Labute approximate surface area is 169 Å². The van der Waals surface area contributed by atoms with E-state index in [2.05, 4.69) is 9.71 Å². The van der Waals surface area contributed by atoms with Gasteiger partial charge in [-0.25, -0.2) is 13.4 Å². The number of hydrogen-bond acceptors (Lipinski definition) is 5. The van der Waals surface area contributed by atoms with Gasteiger partial charge in [0.05, 0.1) is 11.3 Å². The third kappa shape index (κ3) is 4.56. The minimum Gasteiger partial charge on any atom is -0.279 e. The maximum Gasteiger partial charge on any atom is 0.416 e. The molecular formula is C18H17F3N2O2S3. The van der Waals surface area contributed by atoms with Gasteiger partial charge in [0.15, 0.2) is 0 Å². The normalized spacial score (nSPS) is 12.9. The van der Waals surface area contributed by atoms with Crippen LogP contribution in [-0.2, 0) is 21.6 Å². The van der Waals surface area contributed by atoms with E-state index in [-0.39, 0.29) is 15.3 Å². The standard InChI is InChI=1S/C18H17F3N2O2S3/c1-17(2,3)14-10-27-16(22-14)11-8-15(26-9-11)28(24,25)23-13-6-4-12(5-7-13)18(19,20)21/h4-10,23H,1-3H3. The first kappa shape index (κ1) is 20.8.